The number of H-pyrrole nitrogens is 1. The quantitative estimate of drug-likeness (QED) is 0.518. The molecule has 1 amide bonds. The highest BCUT2D eigenvalue weighted by molar-refractivity contribution is 6.10. The van der Waals surface area contributed by atoms with Gasteiger partial charge in [-0.1, -0.05) is 18.9 Å². The van der Waals surface area contributed by atoms with E-state index in [-0.39, 0.29) is 28.9 Å². The molecule has 8 heteroatoms. The Morgan fingerprint density at radius 1 is 1.00 bits per heavy atom. The Morgan fingerprint density at radius 3 is 2.56 bits per heavy atom. The van der Waals surface area contributed by atoms with Crippen LogP contribution >= 0.6 is 0 Å². The number of carbonyl (C=O) groups is 2. The maximum Gasteiger partial charge on any atom is 0.258 e. The third kappa shape index (κ3) is 3.62. The largest absolute Gasteiger partial charge is 0.507 e. The molecule has 1 saturated heterocycles. The molecular weight excluding hydrogens is 430 g/mol. The van der Waals surface area contributed by atoms with Crippen molar-refractivity contribution in [3.8, 4) is 5.75 Å². The summed E-state index contributed by atoms with van der Waals surface area (Å²) in [6.45, 7) is 4.91. The number of fused-ring (bicyclic) bond motifs is 2. The zero-order chi connectivity index (χ0) is 23.2. The van der Waals surface area contributed by atoms with Gasteiger partial charge in [0.15, 0.2) is 5.78 Å². The minimum Gasteiger partial charge on any atom is -0.507 e. The Hall–Kier alpha value is -3.39. The van der Waals surface area contributed by atoms with E-state index in [1.807, 2.05) is 0 Å². The molecule has 0 unspecified atom stereocenters. The van der Waals surface area contributed by atoms with Gasteiger partial charge in [-0.15, -0.1) is 0 Å². The number of nitrogens with zero attached hydrogens (tertiary/aromatic N) is 3. The number of aromatic amines is 1. The first-order valence-electron chi connectivity index (χ1n) is 12.2. The molecule has 1 aromatic heterocycles. The van der Waals surface area contributed by atoms with Gasteiger partial charge >= 0.3 is 0 Å². The number of nitrogens with one attached hydrogen (secondary N) is 2. The van der Waals surface area contributed by atoms with E-state index in [2.05, 4.69) is 38.6 Å². The lowest BCUT2D eigenvalue weighted by molar-refractivity contribution is 0.0748. The zero-order valence-electron chi connectivity index (χ0n) is 19.1. The Kier molecular flexibility index (Phi) is 5.25. The fourth-order valence-electron chi connectivity index (χ4n) is 5.61. The van der Waals surface area contributed by atoms with Gasteiger partial charge in [-0.05, 0) is 42.2 Å². The summed E-state index contributed by atoms with van der Waals surface area (Å²) in [6.07, 6.45) is 3.91. The summed E-state index contributed by atoms with van der Waals surface area (Å²) >= 11 is 0. The zero-order valence-corrected chi connectivity index (χ0v) is 19.1. The number of phenolic OH excluding ortho intramolecular Hbond substituents is 1. The number of benzene rings is 2. The van der Waals surface area contributed by atoms with E-state index in [4.69, 9.17) is 0 Å². The Morgan fingerprint density at radius 2 is 1.76 bits per heavy atom. The fourth-order valence-corrected chi connectivity index (χ4v) is 5.61. The molecule has 3 aromatic rings. The van der Waals surface area contributed by atoms with Gasteiger partial charge in [0.25, 0.3) is 5.91 Å². The molecule has 2 fully saturated rings. The second kappa shape index (κ2) is 8.43. The van der Waals surface area contributed by atoms with Gasteiger partial charge in [-0.2, -0.15) is 5.10 Å². The number of rotatable bonds is 4. The topological polar surface area (TPSA) is 102 Å². The van der Waals surface area contributed by atoms with Gasteiger partial charge in [-0.3, -0.25) is 14.7 Å². The van der Waals surface area contributed by atoms with Crippen LogP contribution in [0.1, 0.15) is 57.7 Å². The molecule has 1 saturated carbocycles. The first-order valence-corrected chi connectivity index (χ1v) is 12.2. The molecule has 0 atom stereocenters. The van der Waals surface area contributed by atoms with E-state index in [1.54, 1.807) is 11.0 Å². The second-order valence-corrected chi connectivity index (χ2v) is 9.68. The van der Waals surface area contributed by atoms with E-state index in [0.717, 1.165) is 63.0 Å². The lowest BCUT2D eigenvalue weighted by atomic mass is 9.97. The van der Waals surface area contributed by atoms with E-state index < -0.39 is 0 Å². The molecule has 34 heavy (non-hydrogen) atoms. The number of ketones is 1. The van der Waals surface area contributed by atoms with Gasteiger partial charge in [0.2, 0.25) is 0 Å². The molecule has 2 aromatic carbocycles. The summed E-state index contributed by atoms with van der Waals surface area (Å²) in [7, 11) is 0. The number of amides is 1. The van der Waals surface area contributed by atoms with Crippen molar-refractivity contribution in [1.29, 1.82) is 0 Å². The number of hydrogen-bond donors (Lipinski definition) is 3. The van der Waals surface area contributed by atoms with Crippen LogP contribution in [0.5, 0.6) is 5.75 Å². The molecule has 8 nitrogen and oxygen atoms in total. The first-order chi connectivity index (χ1) is 16.6. The van der Waals surface area contributed by atoms with Crippen molar-refractivity contribution in [2.75, 3.05) is 31.1 Å². The lowest BCUT2D eigenvalue weighted by Crippen LogP contribution is -2.43. The summed E-state index contributed by atoms with van der Waals surface area (Å²) in [6, 6.07) is 9.57. The van der Waals surface area contributed by atoms with Crippen molar-refractivity contribution in [3.05, 3.63) is 52.7 Å². The van der Waals surface area contributed by atoms with Crippen LogP contribution in [0.25, 0.3) is 10.9 Å². The molecule has 0 radical (unpaired) electrons. The van der Waals surface area contributed by atoms with Crippen molar-refractivity contribution < 1.29 is 14.7 Å². The summed E-state index contributed by atoms with van der Waals surface area (Å²) in [4.78, 5) is 30.6. The molecule has 3 aliphatic rings. The average molecular weight is 460 g/mol. The molecule has 0 bridgehead atoms. The van der Waals surface area contributed by atoms with Crippen LogP contribution in [0.15, 0.2) is 30.3 Å². The van der Waals surface area contributed by atoms with Gasteiger partial charge in [0.05, 0.1) is 11.1 Å². The molecule has 176 valence electrons. The summed E-state index contributed by atoms with van der Waals surface area (Å²) < 4.78 is 0. The molecule has 3 N–H and O–H groups in total. The van der Waals surface area contributed by atoms with Gasteiger partial charge in [0.1, 0.15) is 11.4 Å². The maximum atomic E-state index is 13.5. The van der Waals surface area contributed by atoms with E-state index in [1.165, 1.54) is 11.8 Å². The van der Waals surface area contributed by atoms with E-state index in [0.29, 0.717) is 29.7 Å². The molecular formula is C26H29N5O3. The van der Waals surface area contributed by atoms with Crippen molar-refractivity contribution in [2.24, 2.45) is 5.92 Å². The molecule has 1 aliphatic carbocycles. The van der Waals surface area contributed by atoms with E-state index >= 15 is 0 Å². The number of carbonyl (C=O) groups excluding carboxylic acids is 2. The van der Waals surface area contributed by atoms with Crippen LogP contribution in [-0.4, -0.2) is 58.1 Å². The highest BCUT2D eigenvalue weighted by atomic mass is 16.3. The van der Waals surface area contributed by atoms with Crippen molar-refractivity contribution in [2.45, 2.75) is 38.8 Å². The van der Waals surface area contributed by atoms with Gasteiger partial charge in [0, 0.05) is 62.3 Å². The summed E-state index contributed by atoms with van der Waals surface area (Å²) in [5.74, 6) is -0.308. The highest BCUT2D eigenvalue weighted by Crippen LogP contribution is 2.34. The third-order valence-electron chi connectivity index (χ3n) is 7.55. The SMILES string of the molecule is O=C(c1n[nH]c2cc(O)c(C(=O)N3Cc4ccc(N5CCNCC5)cc4C3)cc12)C1CCCC1. The predicted octanol–water partition coefficient (Wildman–Crippen LogP) is 3.21. The number of aromatic hydroxyl groups is 1. The Labute approximate surface area is 197 Å². The van der Waals surface area contributed by atoms with E-state index in [9.17, 15) is 14.7 Å². The smallest absolute Gasteiger partial charge is 0.258 e. The van der Waals surface area contributed by atoms with Crippen LogP contribution in [0.4, 0.5) is 5.69 Å². The Bertz CT molecular complexity index is 1270. The van der Waals surface area contributed by atoms with Gasteiger partial charge in [-0.25, -0.2) is 0 Å². The molecule has 2 aliphatic heterocycles. The number of phenols is 1. The van der Waals surface area contributed by atoms with Crippen LogP contribution in [0.2, 0.25) is 0 Å². The highest BCUT2D eigenvalue weighted by Gasteiger charge is 2.30. The molecule has 0 spiro atoms. The number of hydrogen-bond acceptors (Lipinski definition) is 6. The third-order valence-corrected chi connectivity index (χ3v) is 7.55. The number of anilines is 1. The van der Waals surface area contributed by atoms with Crippen molar-refractivity contribution >= 4 is 28.3 Å². The van der Waals surface area contributed by atoms with Crippen LogP contribution in [-0.2, 0) is 13.1 Å². The minimum atomic E-state index is -0.236. The molecule has 3 heterocycles. The minimum absolute atomic E-state index is 0.00239. The van der Waals surface area contributed by atoms with Crippen LogP contribution < -0.4 is 10.2 Å². The summed E-state index contributed by atoms with van der Waals surface area (Å²) in [5.41, 5.74) is 4.62. The normalized spacial score (nSPS) is 18.6. The maximum absolute atomic E-state index is 13.5. The predicted molar refractivity (Wildman–Crippen MR) is 129 cm³/mol. The van der Waals surface area contributed by atoms with Crippen LogP contribution in [0.3, 0.4) is 0 Å². The standard InChI is InChI=1S/C26H29N5O3/c32-23-13-22-20(24(29-28-22)25(33)16-3-1-2-4-16)12-21(23)26(34)31-14-17-5-6-19(11-18(17)15-31)30-9-7-27-8-10-30/h5-6,11-13,16,27,32H,1-4,7-10,14-15H2,(H,28,29). The average Bonchev–Trinajstić information content (AvgIpc) is 3.62. The summed E-state index contributed by atoms with van der Waals surface area (Å²) in [5, 5.41) is 21.7. The van der Waals surface area contributed by atoms with Gasteiger partial charge < -0.3 is 20.2 Å². The number of aromatic nitrogens is 2. The first kappa shape index (κ1) is 21.2. The molecule has 6 rings (SSSR count). The Balaban J connectivity index is 1.26. The lowest BCUT2D eigenvalue weighted by Gasteiger charge is -2.29. The number of Topliss-reactive ketones (excluding diaryl/α,β-unsaturated/α-hetero) is 1. The monoisotopic (exact) mass is 459 g/mol. The fraction of sp³-hybridized carbons (Fsp3) is 0.423. The second-order valence-electron chi connectivity index (χ2n) is 9.68. The van der Waals surface area contributed by atoms with Crippen molar-refractivity contribution in [3.63, 3.8) is 0 Å². The van der Waals surface area contributed by atoms with Crippen molar-refractivity contribution in [1.82, 2.24) is 20.4 Å². The van der Waals surface area contributed by atoms with Crippen LogP contribution in [0, 0.1) is 5.92 Å². The number of piperazine rings is 1.